The summed E-state index contributed by atoms with van der Waals surface area (Å²) >= 11 is 0. The molecule has 4 nitrogen and oxygen atoms in total. The van der Waals surface area contributed by atoms with Crippen molar-refractivity contribution in [3.05, 3.63) is 30.1 Å². The van der Waals surface area contributed by atoms with Gasteiger partial charge < -0.3 is 9.30 Å². The van der Waals surface area contributed by atoms with E-state index in [1.165, 1.54) is 0 Å². The van der Waals surface area contributed by atoms with Crippen molar-refractivity contribution >= 4 is 19.1 Å². The summed E-state index contributed by atoms with van der Waals surface area (Å²) in [6.45, 7) is 12.2. The predicted octanol–water partition coefficient (Wildman–Crippen LogP) is 4.15. The Labute approximate surface area is 133 Å². The van der Waals surface area contributed by atoms with E-state index in [9.17, 15) is 5.26 Å². The number of aromatic nitrogens is 2. The molecule has 0 amide bonds. The van der Waals surface area contributed by atoms with Crippen LogP contribution < -0.4 is 0 Å². The topological polar surface area (TPSA) is 50.8 Å². The molecule has 0 fully saturated rings. The molecule has 5 heteroatoms. The minimum absolute atomic E-state index is 0.508. The third-order valence-corrected chi connectivity index (χ3v) is 5.52. The van der Waals surface area contributed by atoms with Gasteiger partial charge in [0.1, 0.15) is 6.73 Å². The minimum atomic E-state index is -1.07. The van der Waals surface area contributed by atoms with E-state index in [2.05, 4.69) is 35.3 Å². The molecule has 0 aliphatic rings. The zero-order chi connectivity index (χ0) is 16.4. The monoisotopic (exact) mass is 315 g/mol. The van der Waals surface area contributed by atoms with E-state index in [1.54, 1.807) is 6.20 Å². The van der Waals surface area contributed by atoms with Crippen molar-refractivity contribution in [1.82, 2.24) is 9.55 Å². The summed E-state index contributed by atoms with van der Waals surface area (Å²) < 4.78 is 7.91. The molecule has 118 valence electrons. The van der Waals surface area contributed by atoms with Crippen LogP contribution in [0.15, 0.2) is 24.5 Å². The molecule has 0 aromatic carbocycles. The summed E-state index contributed by atoms with van der Waals surface area (Å²) in [5, 5.41) is 9.41. The maximum absolute atomic E-state index is 9.41. The highest BCUT2D eigenvalue weighted by Crippen LogP contribution is 2.30. The van der Waals surface area contributed by atoms with Gasteiger partial charge in [-0.15, -0.1) is 0 Å². The lowest BCUT2D eigenvalue weighted by atomic mass is 9.87. The molecule has 0 unspecified atom stereocenters. The predicted molar refractivity (Wildman–Crippen MR) is 92.5 cm³/mol. The van der Waals surface area contributed by atoms with Crippen LogP contribution in [0.4, 0.5) is 0 Å². The Morgan fingerprint density at radius 2 is 2.09 bits per heavy atom. The molecule has 0 N–H and O–H groups in total. The lowest BCUT2D eigenvalue weighted by molar-refractivity contribution is 0.0901. The molecule has 0 bridgehead atoms. The van der Waals surface area contributed by atoms with Crippen molar-refractivity contribution in [3.8, 4) is 6.07 Å². The fourth-order valence-corrected chi connectivity index (χ4v) is 3.05. The maximum atomic E-state index is 9.41. The van der Waals surface area contributed by atoms with Crippen LogP contribution >= 0.6 is 0 Å². The molecule has 0 atom stereocenters. The second-order valence-electron chi connectivity index (χ2n) is 7.47. The highest BCUT2D eigenvalue weighted by Gasteiger charge is 2.25. The largest absolute Gasteiger partial charge is 0.361 e. The van der Waals surface area contributed by atoms with Crippen LogP contribution in [0.1, 0.15) is 19.4 Å². The van der Waals surface area contributed by atoms with Gasteiger partial charge in [0.2, 0.25) is 0 Å². The first-order valence-corrected chi connectivity index (χ1v) is 11.4. The molecule has 2 rings (SSSR count). The lowest BCUT2D eigenvalue weighted by Gasteiger charge is -2.16. The van der Waals surface area contributed by atoms with Gasteiger partial charge in [0.15, 0.2) is 0 Å². The van der Waals surface area contributed by atoms with Crippen molar-refractivity contribution in [2.75, 3.05) is 6.61 Å². The Morgan fingerprint density at radius 1 is 1.36 bits per heavy atom. The van der Waals surface area contributed by atoms with Crippen LogP contribution in [0.25, 0.3) is 11.0 Å². The molecular formula is C17H25N3OSi. The van der Waals surface area contributed by atoms with Gasteiger partial charge >= 0.3 is 0 Å². The van der Waals surface area contributed by atoms with Crippen LogP contribution in [0.5, 0.6) is 0 Å². The summed E-state index contributed by atoms with van der Waals surface area (Å²) in [5.41, 5.74) is 2.31. The zero-order valence-electron chi connectivity index (χ0n) is 14.2. The molecular weight excluding hydrogens is 290 g/mol. The number of ether oxygens (including phenoxy) is 1. The number of nitrogens with zero attached hydrogens (tertiary/aromatic N) is 3. The standard InChI is InChI=1S/C17H25N3OSi/c1-17(2,12-18)14-11-20(13-21-9-10-22(3,4)5)15-7-6-8-19-16(14)15/h6-8,11H,9-10,13H2,1-5H3. The van der Waals surface area contributed by atoms with Crippen LogP contribution in [-0.4, -0.2) is 24.2 Å². The second kappa shape index (κ2) is 6.23. The van der Waals surface area contributed by atoms with Crippen LogP contribution in [0.2, 0.25) is 25.7 Å². The van der Waals surface area contributed by atoms with Crippen molar-refractivity contribution < 1.29 is 4.74 Å². The molecule has 0 saturated carbocycles. The van der Waals surface area contributed by atoms with Crippen molar-refractivity contribution in [2.24, 2.45) is 0 Å². The van der Waals surface area contributed by atoms with Gasteiger partial charge in [0.05, 0.1) is 22.5 Å². The van der Waals surface area contributed by atoms with E-state index in [1.807, 2.05) is 32.2 Å². The smallest absolute Gasteiger partial charge is 0.122 e. The number of fused-ring (bicyclic) bond motifs is 1. The maximum Gasteiger partial charge on any atom is 0.122 e. The first-order valence-electron chi connectivity index (χ1n) is 7.68. The highest BCUT2D eigenvalue weighted by molar-refractivity contribution is 6.76. The van der Waals surface area contributed by atoms with Crippen LogP contribution in [-0.2, 0) is 16.9 Å². The van der Waals surface area contributed by atoms with Gasteiger partial charge in [0.25, 0.3) is 0 Å². The Balaban J connectivity index is 2.23. The first-order chi connectivity index (χ1) is 10.2. The summed E-state index contributed by atoms with van der Waals surface area (Å²) in [7, 11) is -1.07. The normalized spacial score (nSPS) is 12.5. The van der Waals surface area contributed by atoms with Gasteiger partial charge in [-0.25, -0.2) is 0 Å². The van der Waals surface area contributed by atoms with Crippen LogP contribution in [0, 0.1) is 11.3 Å². The Hall–Kier alpha value is -1.64. The SMILES string of the molecule is CC(C)(C#N)c1cn(COCC[Si](C)(C)C)c2cccnc12. The fourth-order valence-electron chi connectivity index (χ4n) is 2.29. The summed E-state index contributed by atoms with van der Waals surface area (Å²) in [4.78, 5) is 4.46. The fraction of sp³-hybridized carbons (Fsp3) is 0.529. The quantitative estimate of drug-likeness (QED) is 0.594. The van der Waals surface area contributed by atoms with E-state index < -0.39 is 13.5 Å². The van der Waals surface area contributed by atoms with E-state index in [4.69, 9.17) is 4.74 Å². The highest BCUT2D eigenvalue weighted by atomic mass is 28.3. The van der Waals surface area contributed by atoms with Gasteiger partial charge in [-0.3, -0.25) is 4.98 Å². The Bertz CT molecular complexity index is 692. The summed E-state index contributed by atoms with van der Waals surface area (Å²) in [5.74, 6) is 0. The first kappa shape index (κ1) is 16.7. The van der Waals surface area contributed by atoms with Gasteiger partial charge in [-0.2, -0.15) is 5.26 Å². The van der Waals surface area contributed by atoms with Gasteiger partial charge in [0, 0.05) is 32.6 Å². The van der Waals surface area contributed by atoms with E-state index in [-0.39, 0.29) is 0 Å². The number of pyridine rings is 1. The minimum Gasteiger partial charge on any atom is -0.361 e. The average Bonchev–Trinajstić information content (AvgIpc) is 2.82. The third kappa shape index (κ3) is 3.76. The lowest BCUT2D eigenvalue weighted by Crippen LogP contribution is -2.22. The van der Waals surface area contributed by atoms with Crippen molar-refractivity contribution in [1.29, 1.82) is 5.26 Å². The molecule has 0 aliphatic carbocycles. The van der Waals surface area contributed by atoms with Crippen molar-refractivity contribution in [2.45, 2.75) is 51.7 Å². The molecule has 22 heavy (non-hydrogen) atoms. The Morgan fingerprint density at radius 3 is 2.73 bits per heavy atom. The number of rotatable bonds is 6. The molecule has 0 radical (unpaired) electrons. The molecule has 0 spiro atoms. The Kier molecular flexibility index (Phi) is 4.74. The van der Waals surface area contributed by atoms with Crippen molar-refractivity contribution in [3.63, 3.8) is 0 Å². The van der Waals surface area contributed by atoms with E-state index in [0.29, 0.717) is 6.73 Å². The molecule has 2 aromatic rings. The third-order valence-electron chi connectivity index (χ3n) is 3.82. The second-order valence-corrected chi connectivity index (χ2v) is 13.1. The summed E-state index contributed by atoms with van der Waals surface area (Å²) in [6.07, 6.45) is 3.78. The number of nitriles is 1. The number of hydrogen-bond acceptors (Lipinski definition) is 3. The zero-order valence-corrected chi connectivity index (χ0v) is 15.2. The van der Waals surface area contributed by atoms with E-state index >= 15 is 0 Å². The van der Waals surface area contributed by atoms with E-state index in [0.717, 1.165) is 29.2 Å². The molecule has 0 saturated heterocycles. The van der Waals surface area contributed by atoms with Crippen LogP contribution in [0.3, 0.4) is 0 Å². The van der Waals surface area contributed by atoms with Gasteiger partial charge in [-0.05, 0) is 32.0 Å². The molecule has 2 aromatic heterocycles. The molecule has 0 aliphatic heterocycles. The molecule has 2 heterocycles. The average molecular weight is 315 g/mol. The van der Waals surface area contributed by atoms with Gasteiger partial charge in [-0.1, -0.05) is 19.6 Å². The number of hydrogen-bond donors (Lipinski definition) is 0. The summed E-state index contributed by atoms with van der Waals surface area (Å²) in [6, 6.07) is 7.47.